The van der Waals surface area contributed by atoms with Gasteiger partial charge in [0.05, 0.1) is 22.6 Å². The van der Waals surface area contributed by atoms with Crippen LogP contribution in [0.25, 0.3) is 6.08 Å². The van der Waals surface area contributed by atoms with Crippen LogP contribution < -0.4 is 14.8 Å². The second-order valence-electron chi connectivity index (χ2n) is 6.38. The molecule has 162 valence electrons. The Morgan fingerprint density at radius 1 is 1.13 bits per heavy atom. The number of halogens is 1. The standard InChI is InChI=1S/C22H21BrN2O5S/c1-3-29-17-11-14(10-16(23)20(17)30-4-2)12-18-21(27)25(22(28)31-18)13-19(26)24-15-8-6-5-7-9-15/h5-12H,3-4,13H2,1-2H3,(H,24,26)/b18-12-. The number of rotatable bonds is 8. The molecule has 0 aliphatic carbocycles. The minimum atomic E-state index is -0.513. The quantitative estimate of drug-likeness (QED) is 0.513. The highest BCUT2D eigenvalue weighted by Gasteiger charge is 2.36. The first-order chi connectivity index (χ1) is 14.9. The average Bonchev–Trinajstić information content (AvgIpc) is 2.99. The van der Waals surface area contributed by atoms with Gasteiger partial charge < -0.3 is 14.8 Å². The van der Waals surface area contributed by atoms with E-state index in [1.807, 2.05) is 19.9 Å². The van der Waals surface area contributed by atoms with E-state index in [0.717, 1.165) is 16.7 Å². The van der Waals surface area contributed by atoms with Crippen molar-refractivity contribution in [3.63, 3.8) is 0 Å². The Balaban J connectivity index is 1.77. The number of nitrogens with one attached hydrogen (secondary N) is 1. The van der Waals surface area contributed by atoms with Gasteiger partial charge in [0.15, 0.2) is 11.5 Å². The van der Waals surface area contributed by atoms with Crippen molar-refractivity contribution < 1.29 is 23.9 Å². The van der Waals surface area contributed by atoms with Crippen LogP contribution >= 0.6 is 27.7 Å². The van der Waals surface area contributed by atoms with Crippen LogP contribution in [0.5, 0.6) is 11.5 Å². The van der Waals surface area contributed by atoms with E-state index in [9.17, 15) is 14.4 Å². The average molecular weight is 505 g/mol. The summed E-state index contributed by atoms with van der Waals surface area (Å²) in [5.74, 6) is 0.150. The molecule has 1 heterocycles. The fourth-order valence-corrected chi connectivity index (χ4v) is 4.28. The molecule has 3 amide bonds. The molecule has 0 aromatic heterocycles. The summed E-state index contributed by atoms with van der Waals surface area (Å²) in [6.07, 6.45) is 1.60. The molecule has 31 heavy (non-hydrogen) atoms. The molecule has 0 saturated carbocycles. The van der Waals surface area contributed by atoms with E-state index in [1.165, 1.54) is 0 Å². The van der Waals surface area contributed by atoms with Crippen LogP contribution in [0.1, 0.15) is 19.4 Å². The molecule has 1 saturated heterocycles. The molecule has 3 rings (SSSR count). The molecule has 2 aromatic carbocycles. The number of hydrogen-bond acceptors (Lipinski definition) is 6. The summed E-state index contributed by atoms with van der Waals surface area (Å²) < 4.78 is 11.9. The largest absolute Gasteiger partial charge is 0.490 e. The van der Waals surface area contributed by atoms with Crippen LogP contribution in [-0.4, -0.2) is 41.7 Å². The maximum atomic E-state index is 12.7. The number of para-hydroxylation sites is 1. The molecule has 2 aromatic rings. The van der Waals surface area contributed by atoms with Crippen molar-refractivity contribution in [2.24, 2.45) is 0 Å². The molecule has 9 heteroatoms. The highest BCUT2D eigenvalue weighted by atomic mass is 79.9. The van der Waals surface area contributed by atoms with Gasteiger partial charge in [-0.15, -0.1) is 0 Å². The van der Waals surface area contributed by atoms with Crippen molar-refractivity contribution in [2.75, 3.05) is 25.1 Å². The first kappa shape index (κ1) is 22.9. The number of ether oxygens (including phenoxy) is 2. The van der Waals surface area contributed by atoms with Gasteiger partial charge in [-0.1, -0.05) is 18.2 Å². The summed E-state index contributed by atoms with van der Waals surface area (Å²) in [6, 6.07) is 12.4. The Hall–Kier alpha value is -2.78. The Labute approximate surface area is 192 Å². The lowest BCUT2D eigenvalue weighted by Gasteiger charge is -2.14. The van der Waals surface area contributed by atoms with E-state index in [4.69, 9.17) is 9.47 Å². The van der Waals surface area contributed by atoms with Crippen LogP contribution in [-0.2, 0) is 9.59 Å². The van der Waals surface area contributed by atoms with Crippen LogP contribution in [0, 0.1) is 0 Å². The Morgan fingerprint density at radius 3 is 2.52 bits per heavy atom. The van der Waals surface area contributed by atoms with Crippen LogP contribution in [0.3, 0.4) is 0 Å². The number of anilines is 1. The molecule has 0 radical (unpaired) electrons. The van der Waals surface area contributed by atoms with Gasteiger partial charge in [0.2, 0.25) is 5.91 Å². The molecule has 7 nitrogen and oxygen atoms in total. The zero-order chi connectivity index (χ0) is 22.4. The third-order valence-electron chi connectivity index (χ3n) is 4.15. The smallest absolute Gasteiger partial charge is 0.294 e. The first-order valence-electron chi connectivity index (χ1n) is 9.62. The van der Waals surface area contributed by atoms with Crippen molar-refractivity contribution in [3.8, 4) is 11.5 Å². The second-order valence-corrected chi connectivity index (χ2v) is 8.23. The molecule has 0 spiro atoms. The molecule has 0 unspecified atom stereocenters. The lowest BCUT2D eigenvalue weighted by molar-refractivity contribution is -0.127. The van der Waals surface area contributed by atoms with Gasteiger partial charge in [-0.2, -0.15) is 0 Å². The number of amides is 3. The Morgan fingerprint density at radius 2 is 1.84 bits per heavy atom. The minimum Gasteiger partial charge on any atom is -0.490 e. The Bertz CT molecular complexity index is 1030. The minimum absolute atomic E-state index is 0.232. The number of carbonyl (C=O) groups excluding carboxylic acids is 3. The maximum Gasteiger partial charge on any atom is 0.294 e. The lowest BCUT2D eigenvalue weighted by Crippen LogP contribution is -2.36. The monoisotopic (exact) mass is 504 g/mol. The lowest BCUT2D eigenvalue weighted by atomic mass is 10.2. The summed E-state index contributed by atoms with van der Waals surface area (Å²) in [6.45, 7) is 4.31. The van der Waals surface area contributed by atoms with E-state index in [-0.39, 0.29) is 11.4 Å². The van der Waals surface area contributed by atoms with Gasteiger partial charge >= 0.3 is 0 Å². The van der Waals surface area contributed by atoms with Gasteiger partial charge in [-0.25, -0.2) is 0 Å². The summed E-state index contributed by atoms with van der Waals surface area (Å²) in [5, 5.41) is 2.18. The summed E-state index contributed by atoms with van der Waals surface area (Å²) in [5.41, 5.74) is 1.26. The van der Waals surface area contributed by atoms with E-state index in [0.29, 0.717) is 40.4 Å². The van der Waals surface area contributed by atoms with E-state index >= 15 is 0 Å². The molecule has 1 aliphatic heterocycles. The van der Waals surface area contributed by atoms with E-state index in [1.54, 1.807) is 42.5 Å². The number of hydrogen-bond donors (Lipinski definition) is 1. The van der Waals surface area contributed by atoms with Gasteiger partial charge in [-0.3, -0.25) is 19.3 Å². The summed E-state index contributed by atoms with van der Waals surface area (Å²) in [4.78, 5) is 38.5. The normalized spacial score (nSPS) is 14.8. The molecule has 0 bridgehead atoms. The summed E-state index contributed by atoms with van der Waals surface area (Å²) in [7, 11) is 0. The zero-order valence-corrected chi connectivity index (χ0v) is 19.4. The van der Waals surface area contributed by atoms with Crippen molar-refractivity contribution >= 4 is 56.5 Å². The zero-order valence-electron chi connectivity index (χ0n) is 17.0. The predicted molar refractivity (Wildman–Crippen MR) is 124 cm³/mol. The van der Waals surface area contributed by atoms with Crippen molar-refractivity contribution in [3.05, 3.63) is 57.4 Å². The maximum absolute atomic E-state index is 12.7. The number of carbonyl (C=O) groups is 3. The van der Waals surface area contributed by atoms with E-state index in [2.05, 4.69) is 21.2 Å². The van der Waals surface area contributed by atoms with Crippen molar-refractivity contribution in [2.45, 2.75) is 13.8 Å². The van der Waals surface area contributed by atoms with Gasteiger partial charge in [0, 0.05) is 5.69 Å². The number of thioether (sulfide) groups is 1. The van der Waals surface area contributed by atoms with Crippen LogP contribution in [0.2, 0.25) is 0 Å². The molecular formula is C22H21BrN2O5S. The SMILES string of the molecule is CCOc1cc(/C=C2\SC(=O)N(CC(=O)Nc3ccccc3)C2=O)cc(Br)c1OCC. The van der Waals surface area contributed by atoms with Crippen LogP contribution in [0.15, 0.2) is 51.8 Å². The van der Waals surface area contributed by atoms with E-state index < -0.39 is 17.1 Å². The summed E-state index contributed by atoms with van der Waals surface area (Å²) >= 11 is 4.26. The molecule has 0 atom stereocenters. The number of nitrogens with zero attached hydrogens (tertiary/aromatic N) is 1. The highest BCUT2D eigenvalue weighted by Crippen LogP contribution is 2.39. The van der Waals surface area contributed by atoms with Gasteiger partial charge in [-0.05, 0) is 77.4 Å². The molecule has 1 fully saturated rings. The fraction of sp³-hybridized carbons (Fsp3) is 0.227. The third-order valence-corrected chi connectivity index (χ3v) is 5.65. The van der Waals surface area contributed by atoms with Crippen LogP contribution in [0.4, 0.5) is 10.5 Å². The van der Waals surface area contributed by atoms with Gasteiger partial charge in [0.1, 0.15) is 6.54 Å². The molecule has 1 N–H and O–H groups in total. The fourth-order valence-electron chi connectivity index (χ4n) is 2.87. The third kappa shape index (κ3) is 5.68. The number of imide groups is 1. The molecular weight excluding hydrogens is 484 g/mol. The predicted octanol–water partition coefficient (Wildman–Crippen LogP) is 4.92. The molecule has 1 aliphatic rings. The highest BCUT2D eigenvalue weighted by molar-refractivity contribution is 9.10. The second kappa shape index (κ2) is 10.5. The Kier molecular flexibility index (Phi) is 7.75. The topological polar surface area (TPSA) is 84.9 Å². The van der Waals surface area contributed by atoms with Crippen molar-refractivity contribution in [1.82, 2.24) is 4.90 Å². The van der Waals surface area contributed by atoms with Crippen molar-refractivity contribution in [1.29, 1.82) is 0 Å². The van der Waals surface area contributed by atoms with Gasteiger partial charge in [0.25, 0.3) is 11.1 Å². The first-order valence-corrected chi connectivity index (χ1v) is 11.2. The number of benzene rings is 2.